The summed E-state index contributed by atoms with van der Waals surface area (Å²) in [6.07, 6.45) is 1.95. The summed E-state index contributed by atoms with van der Waals surface area (Å²) in [7, 11) is 0. The number of rotatable bonds is 4. The van der Waals surface area contributed by atoms with Crippen LogP contribution < -0.4 is 11.1 Å². The molecule has 4 aromatic rings. The van der Waals surface area contributed by atoms with Gasteiger partial charge in [0.25, 0.3) is 0 Å². The van der Waals surface area contributed by atoms with Crippen LogP contribution in [0.2, 0.25) is 0 Å². The van der Waals surface area contributed by atoms with Gasteiger partial charge < -0.3 is 11.1 Å². The molecule has 29 heavy (non-hydrogen) atoms. The van der Waals surface area contributed by atoms with E-state index in [0.717, 1.165) is 23.5 Å². The normalized spacial score (nSPS) is 12.7. The van der Waals surface area contributed by atoms with Gasteiger partial charge in [-0.15, -0.1) is 11.3 Å². The molecule has 6 heteroatoms. The lowest BCUT2D eigenvalue weighted by Gasteiger charge is -2.13. The molecule has 0 aliphatic carbocycles. The maximum Gasteiger partial charge on any atom is 0.222 e. The maximum absolute atomic E-state index is 5.92. The zero-order chi connectivity index (χ0) is 20.0. The Hall–Kier alpha value is -3.25. The first-order chi connectivity index (χ1) is 14.1. The molecular formula is C23H21N5S. The highest BCUT2D eigenvalue weighted by Gasteiger charge is 2.17. The number of nitrogen functional groups attached to an aromatic ring is 1. The molecule has 0 bridgehead atoms. The van der Waals surface area contributed by atoms with Crippen molar-refractivity contribution in [3.8, 4) is 10.4 Å². The Morgan fingerprint density at radius 1 is 1.07 bits per heavy atom. The number of nitrogens with one attached hydrogen (secondary N) is 1. The molecule has 0 spiro atoms. The van der Waals surface area contributed by atoms with Crippen LogP contribution in [0.4, 0.5) is 17.5 Å². The molecule has 0 saturated carbocycles. The van der Waals surface area contributed by atoms with E-state index in [-0.39, 0.29) is 11.9 Å². The molecule has 0 unspecified atom stereocenters. The van der Waals surface area contributed by atoms with Crippen LogP contribution >= 0.6 is 11.3 Å². The zero-order valence-electron chi connectivity index (χ0n) is 16.3. The van der Waals surface area contributed by atoms with Crippen LogP contribution in [0, 0.1) is 0 Å². The minimum Gasteiger partial charge on any atom is -0.368 e. The van der Waals surface area contributed by atoms with Crippen molar-refractivity contribution in [1.29, 1.82) is 0 Å². The van der Waals surface area contributed by atoms with Crippen LogP contribution in [0.25, 0.3) is 20.5 Å². The van der Waals surface area contributed by atoms with Crippen LogP contribution in [-0.4, -0.2) is 16.2 Å². The average Bonchev–Trinajstić information content (AvgIpc) is 3.33. The Labute approximate surface area is 173 Å². The number of hydrogen-bond acceptors (Lipinski definition) is 6. The number of aromatic nitrogens is 2. The minimum atomic E-state index is 0.280. The molecule has 1 aliphatic rings. The van der Waals surface area contributed by atoms with E-state index >= 15 is 0 Å². The monoisotopic (exact) mass is 399 g/mol. The molecule has 2 aromatic heterocycles. The fraction of sp³-hybridized carbons (Fsp3) is 0.174. The molecule has 0 atom stereocenters. The summed E-state index contributed by atoms with van der Waals surface area (Å²) < 4.78 is 1.29. The predicted molar refractivity (Wildman–Crippen MR) is 122 cm³/mol. The van der Waals surface area contributed by atoms with Gasteiger partial charge in [-0.25, -0.2) is 4.98 Å². The molecule has 5 nitrogen and oxygen atoms in total. The maximum atomic E-state index is 5.92. The molecule has 0 saturated heterocycles. The van der Waals surface area contributed by atoms with Gasteiger partial charge in [0, 0.05) is 33.1 Å². The van der Waals surface area contributed by atoms with Crippen molar-refractivity contribution in [2.24, 2.45) is 4.99 Å². The van der Waals surface area contributed by atoms with Gasteiger partial charge in [0.05, 0.1) is 12.2 Å². The fourth-order valence-corrected chi connectivity index (χ4v) is 4.73. The van der Waals surface area contributed by atoms with Crippen LogP contribution in [0.3, 0.4) is 0 Å². The third kappa shape index (κ3) is 3.36. The number of thiophene rings is 1. The predicted octanol–water partition coefficient (Wildman–Crippen LogP) is 5.74. The quantitative estimate of drug-likeness (QED) is 0.459. The topological polar surface area (TPSA) is 76.2 Å². The molecule has 5 rings (SSSR count). The summed E-state index contributed by atoms with van der Waals surface area (Å²) in [5.41, 5.74) is 11.5. The highest BCUT2D eigenvalue weighted by molar-refractivity contribution is 7.22. The van der Waals surface area contributed by atoms with E-state index in [1.165, 1.54) is 26.1 Å². The van der Waals surface area contributed by atoms with Crippen molar-refractivity contribution in [2.75, 3.05) is 11.1 Å². The number of hydrogen-bond donors (Lipinski definition) is 2. The summed E-state index contributed by atoms with van der Waals surface area (Å²) in [5.74, 6) is 1.27. The second kappa shape index (κ2) is 6.97. The van der Waals surface area contributed by atoms with Gasteiger partial charge in [-0.1, -0.05) is 32.0 Å². The molecule has 3 heterocycles. The van der Waals surface area contributed by atoms with E-state index in [9.17, 15) is 0 Å². The van der Waals surface area contributed by atoms with Crippen molar-refractivity contribution < 1.29 is 0 Å². The van der Waals surface area contributed by atoms with E-state index in [2.05, 4.69) is 76.6 Å². The minimum absolute atomic E-state index is 0.280. The summed E-state index contributed by atoms with van der Waals surface area (Å²) >= 11 is 1.81. The fourth-order valence-electron chi connectivity index (χ4n) is 3.62. The molecule has 2 aromatic carbocycles. The first kappa shape index (κ1) is 17.8. The Morgan fingerprint density at radius 3 is 2.76 bits per heavy atom. The number of nitrogens with zero attached hydrogens (tertiary/aromatic N) is 3. The summed E-state index contributed by atoms with van der Waals surface area (Å²) in [6.45, 7) is 4.91. The van der Waals surface area contributed by atoms with E-state index in [4.69, 9.17) is 5.73 Å². The van der Waals surface area contributed by atoms with Crippen LogP contribution in [0.5, 0.6) is 0 Å². The lowest BCUT2D eigenvalue weighted by Crippen LogP contribution is -2.05. The Morgan fingerprint density at radius 2 is 1.93 bits per heavy atom. The van der Waals surface area contributed by atoms with Crippen molar-refractivity contribution in [2.45, 2.75) is 26.3 Å². The molecule has 0 radical (unpaired) electrons. The van der Waals surface area contributed by atoms with Crippen molar-refractivity contribution >= 4 is 45.1 Å². The van der Waals surface area contributed by atoms with Gasteiger partial charge in [0.2, 0.25) is 5.95 Å². The smallest absolute Gasteiger partial charge is 0.222 e. The standard InChI is InChI=1S/C23H21N5S/c1-13(2)19-10-22(28-23(24)27-19)26-16-7-15-11-25-12-18(15)17(9-16)21-8-14-5-3-4-6-20(14)29-21/h3-11,13H,12H2,1-2H3,(H3,24,26,27,28). The number of fused-ring (bicyclic) bond motifs is 2. The molecule has 0 fully saturated rings. The second-order valence-corrected chi connectivity index (χ2v) is 8.61. The molecular weight excluding hydrogens is 378 g/mol. The second-order valence-electron chi connectivity index (χ2n) is 7.53. The van der Waals surface area contributed by atoms with E-state index in [0.29, 0.717) is 5.82 Å². The molecule has 3 N–H and O–H groups in total. The van der Waals surface area contributed by atoms with Crippen molar-refractivity contribution in [3.63, 3.8) is 0 Å². The first-order valence-electron chi connectivity index (χ1n) is 9.64. The lowest BCUT2D eigenvalue weighted by atomic mass is 10.0. The molecule has 1 aliphatic heterocycles. The number of anilines is 3. The average molecular weight is 400 g/mol. The van der Waals surface area contributed by atoms with Gasteiger partial charge in [0.15, 0.2) is 0 Å². The van der Waals surface area contributed by atoms with E-state index in [1.807, 2.05) is 23.6 Å². The number of aliphatic imine (C=N–C) groups is 1. The Kier molecular flexibility index (Phi) is 4.28. The first-order valence-corrected chi connectivity index (χ1v) is 10.5. The SMILES string of the molecule is CC(C)c1cc(Nc2cc3c(c(-c4cc5ccccc5s4)c2)CN=C3)nc(N)n1. The largest absolute Gasteiger partial charge is 0.368 e. The van der Waals surface area contributed by atoms with Crippen LogP contribution in [0.1, 0.15) is 36.6 Å². The Balaban J connectivity index is 1.59. The summed E-state index contributed by atoms with van der Waals surface area (Å²) in [5, 5.41) is 4.69. The third-order valence-corrected chi connectivity index (χ3v) is 6.23. The highest BCUT2D eigenvalue weighted by Crippen LogP contribution is 2.39. The molecule has 144 valence electrons. The van der Waals surface area contributed by atoms with Crippen molar-refractivity contribution in [3.05, 3.63) is 65.4 Å². The van der Waals surface area contributed by atoms with Gasteiger partial charge >= 0.3 is 0 Å². The van der Waals surface area contributed by atoms with Crippen LogP contribution in [0.15, 0.2) is 53.5 Å². The van der Waals surface area contributed by atoms with Gasteiger partial charge in [0.1, 0.15) is 5.82 Å². The third-order valence-electron chi connectivity index (χ3n) is 5.08. The zero-order valence-corrected chi connectivity index (χ0v) is 17.1. The van der Waals surface area contributed by atoms with E-state index in [1.54, 1.807) is 0 Å². The highest BCUT2D eigenvalue weighted by atomic mass is 32.1. The number of nitrogens with two attached hydrogens (primary N) is 1. The van der Waals surface area contributed by atoms with E-state index < -0.39 is 0 Å². The lowest BCUT2D eigenvalue weighted by molar-refractivity contribution is 0.819. The van der Waals surface area contributed by atoms with Gasteiger partial charge in [-0.05, 0) is 46.7 Å². The molecule has 0 amide bonds. The van der Waals surface area contributed by atoms with Gasteiger partial charge in [-0.3, -0.25) is 4.99 Å². The van der Waals surface area contributed by atoms with Crippen LogP contribution in [-0.2, 0) is 6.54 Å². The Bertz CT molecular complexity index is 1220. The van der Waals surface area contributed by atoms with Crippen molar-refractivity contribution in [1.82, 2.24) is 9.97 Å². The number of benzene rings is 2. The summed E-state index contributed by atoms with van der Waals surface area (Å²) in [4.78, 5) is 14.4. The van der Waals surface area contributed by atoms with Gasteiger partial charge in [-0.2, -0.15) is 4.98 Å². The summed E-state index contributed by atoms with van der Waals surface area (Å²) in [6, 6.07) is 17.0.